The minimum absolute atomic E-state index is 0.752. The fourth-order valence-electron chi connectivity index (χ4n) is 1.47. The van der Waals surface area contributed by atoms with E-state index in [0.29, 0.717) is 0 Å². The number of anilines is 1. The number of nitrogens with one attached hydrogen (secondary N) is 1. The summed E-state index contributed by atoms with van der Waals surface area (Å²) in [6.45, 7) is 0. The van der Waals surface area contributed by atoms with E-state index < -0.39 is 0 Å². The van der Waals surface area contributed by atoms with E-state index in [1.54, 1.807) is 10.9 Å². The van der Waals surface area contributed by atoms with Crippen LogP contribution < -0.4 is 5.32 Å². The average molecular weight is 185 g/mol. The summed E-state index contributed by atoms with van der Waals surface area (Å²) in [5.74, 6) is 0.752. The average Bonchev–Trinajstić information content (AvgIpc) is 2.61. The van der Waals surface area contributed by atoms with E-state index in [9.17, 15) is 0 Å². The maximum atomic E-state index is 3.97. The lowest BCUT2D eigenvalue weighted by Gasteiger charge is -2.03. The van der Waals surface area contributed by atoms with Gasteiger partial charge in [0.05, 0.1) is 0 Å². The van der Waals surface area contributed by atoms with Crippen molar-refractivity contribution in [1.29, 1.82) is 0 Å². The van der Waals surface area contributed by atoms with Crippen LogP contribution in [0.4, 0.5) is 5.69 Å². The molecule has 0 aliphatic carbocycles. The minimum Gasteiger partial charge on any atom is -0.360 e. The lowest BCUT2D eigenvalue weighted by molar-refractivity contribution is 0.820. The van der Waals surface area contributed by atoms with Crippen LogP contribution in [-0.2, 0) is 0 Å². The molecule has 1 aromatic heterocycles. The molecule has 0 bridgehead atoms. The van der Waals surface area contributed by atoms with E-state index in [2.05, 4.69) is 20.8 Å². The second-order valence-electron chi connectivity index (χ2n) is 2.95. The number of aromatic nitrogens is 4. The van der Waals surface area contributed by atoms with Crippen molar-refractivity contribution in [2.45, 2.75) is 0 Å². The summed E-state index contributed by atoms with van der Waals surface area (Å²) in [7, 11) is 0. The Bertz CT molecular complexity index is 499. The molecule has 1 N–H and O–H groups in total. The van der Waals surface area contributed by atoms with E-state index in [-0.39, 0.29) is 0 Å². The standard InChI is InChI=1S/C9H7N5/c1-2-4-8-7(3-1)9-11-12-13-14(9)6-5-10-8/h1-6,10H. The molecule has 3 rings (SSSR count). The second-order valence-corrected chi connectivity index (χ2v) is 2.95. The zero-order chi connectivity index (χ0) is 9.38. The summed E-state index contributed by atoms with van der Waals surface area (Å²) < 4.78 is 1.64. The number of hydrogen-bond donors (Lipinski definition) is 1. The van der Waals surface area contributed by atoms with E-state index in [1.165, 1.54) is 0 Å². The predicted molar refractivity (Wildman–Crippen MR) is 52.2 cm³/mol. The molecule has 5 nitrogen and oxygen atoms in total. The van der Waals surface area contributed by atoms with Crippen LogP contribution in [0.15, 0.2) is 30.5 Å². The van der Waals surface area contributed by atoms with Crippen LogP contribution in [0.3, 0.4) is 0 Å². The Hall–Kier alpha value is -2.17. The van der Waals surface area contributed by atoms with E-state index in [0.717, 1.165) is 17.1 Å². The number of rotatable bonds is 0. The van der Waals surface area contributed by atoms with Gasteiger partial charge in [-0.2, -0.15) is 4.68 Å². The summed E-state index contributed by atoms with van der Waals surface area (Å²) in [6.07, 6.45) is 3.60. The number of tetrazole rings is 1. The summed E-state index contributed by atoms with van der Waals surface area (Å²) in [5.41, 5.74) is 2.01. The zero-order valence-electron chi connectivity index (χ0n) is 7.25. The Morgan fingerprint density at radius 1 is 1.21 bits per heavy atom. The van der Waals surface area contributed by atoms with Gasteiger partial charge in [0.15, 0.2) is 5.82 Å². The van der Waals surface area contributed by atoms with Gasteiger partial charge >= 0.3 is 0 Å². The Balaban J connectivity index is 2.33. The molecular formula is C9H7N5. The topological polar surface area (TPSA) is 55.6 Å². The molecule has 0 unspecified atom stereocenters. The highest BCUT2D eigenvalue weighted by molar-refractivity contribution is 5.76. The molecule has 68 valence electrons. The lowest BCUT2D eigenvalue weighted by Crippen LogP contribution is -1.91. The van der Waals surface area contributed by atoms with Gasteiger partial charge < -0.3 is 5.32 Å². The molecule has 14 heavy (non-hydrogen) atoms. The van der Waals surface area contributed by atoms with Crippen LogP contribution in [0, 0.1) is 0 Å². The Morgan fingerprint density at radius 2 is 2.14 bits per heavy atom. The monoisotopic (exact) mass is 185 g/mol. The third kappa shape index (κ3) is 0.922. The van der Waals surface area contributed by atoms with Gasteiger partial charge in [-0.25, -0.2) is 0 Å². The molecule has 0 amide bonds. The smallest absolute Gasteiger partial charge is 0.188 e. The predicted octanol–water partition coefficient (Wildman–Crippen LogP) is 1.19. The number of hydrogen-bond acceptors (Lipinski definition) is 4. The van der Waals surface area contributed by atoms with Crippen molar-refractivity contribution in [3.8, 4) is 11.4 Å². The number of benzene rings is 1. The summed E-state index contributed by atoms with van der Waals surface area (Å²) in [4.78, 5) is 0. The molecule has 0 radical (unpaired) electrons. The summed E-state index contributed by atoms with van der Waals surface area (Å²) in [5, 5.41) is 14.6. The van der Waals surface area contributed by atoms with Crippen molar-refractivity contribution in [2.75, 3.05) is 5.32 Å². The minimum atomic E-state index is 0.752. The molecule has 0 saturated carbocycles. The summed E-state index contributed by atoms with van der Waals surface area (Å²) >= 11 is 0. The van der Waals surface area contributed by atoms with Crippen molar-refractivity contribution < 1.29 is 0 Å². The van der Waals surface area contributed by atoms with Crippen molar-refractivity contribution in [3.63, 3.8) is 0 Å². The Kier molecular flexibility index (Phi) is 1.38. The van der Waals surface area contributed by atoms with E-state index in [4.69, 9.17) is 0 Å². The van der Waals surface area contributed by atoms with Crippen LogP contribution in [0.1, 0.15) is 0 Å². The largest absolute Gasteiger partial charge is 0.360 e. The molecular weight excluding hydrogens is 178 g/mol. The maximum absolute atomic E-state index is 3.97. The molecule has 1 aliphatic heterocycles. The van der Waals surface area contributed by atoms with Gasteiger partial charge in [-0.3, -0.25) is 0 Å². The van der Waals surface area contributed by atoms with Crippen LogP contribution in [0.5, 0.6) is 0 Å². The SMILES string of the molecule is C1=Cn2nnnc2-c2ccccc2N1. The molecule has 0 fully saturated rings. The lowest BCUT2D eigenvalue weighted by atomic mass is 10.1. The second kappa shape index (κ2) is 2.66. The van der Waals surface area contributed by atoms with Crippen LogP contribution in [-0.4, -0.2) is 20.2 Å². The van der Waals surface area contributed by atoms with Gasteiger partial charge in [0.1, 0.15) is 0 Å². The fraction of sp³-hybridized carbons (Fsp3) is 0. The first kappa shape index (κ1) is 7.25. The molecule has 0 saturated heterocycles. The van der Waals surface area contributed by atoms with Gasteiger partial charge in [-0.1, -0.05) is 12.1 Å². The fourth-order valence-corrected chi connectivity index (χ4v) is 1.47. The van der Waals surface area contributed by atoms with E-state index >= 15 is 0 Å². The van der Waals surface area contributed by atoms with Crippen LogP contribution in [0.2, 0.25) is 0 Å². The van der Waals surface area contributed by atoms with E-state index in [1.807, 2.05) is 30.5 Å². The molecule has 1 aromatic carbocycles. The Labute approximate surface area is 80.1 Å². The quantitative estimate of drug-likeness (QED) is 0.669. The van der Waals surface area contributed by atoms with Crippen molar-refractivity contribution in [1.82, 2.24) is 20.2 Å². The number of para-hydroxylation sites is 1. The van der Waals surface area contributed by atoms with Gasteiger partial charge in [0.25, 0.3) is 0 Å². The first-order valence-corrected chi connectivity index (χ1v) is 4.25. The first-order valence-electron chi connectivity index (χ1n) is 4.25. The van der Waals surface area contributed by atoms with Crippen LogP contribution >= 0.6 is 0 Å². The van der Waals surface area contributed by atoms with Gasteiger partial charge in [0, 0.05) is 23.7 Å². The molecule has 2 heterocycles. The zero-order valence-corrected chi connectivity index (χ0v) is 7.25. The highest BCUT2D eigenvalue weighted by atomic mass is 15.5. The highest BCUT2D eigenvalue weighted by Crippen LogP contribution is 2.27. The molecule has 2 aromatic rings. The molecule has 0 atom stereocenters. The highest BCUT2D eigenvalue weighted by Gasteiger charge is 2.12. The van der Waals surface area contributed by atoms with Gasteiger partial charge in [-0.05, 0) is 22.6 Å². The van der Waals surface area contributed by atoms with Crippen molar-refractivity contribution in [3.05, 3.63) is 30.5 Å². The molecule has 5 heteroatoms. The van der Waals surface area contributed by atoms with Gasteiger partial charge in [0.2, 0.25) is 0 Å². The Morgan fingerprint density at radius 3 is 3.14 bits per heavy atom. The van der Waals surface area contributed by atoms with Crippen LogP contribution in [0.25, 0.3) is 17.6 Å². The summed E-state index contributed by atoms with van der Waals surface area (Å²) in [6, 6.07) is 7.91. The third-order valence-corrected chi connectivity index (χ3v) is 2.12. The molecule has 0 spiro atoms. The first-order chi connectivity index (χ1) is 6.95. The normalized spacial score (nSPS) is 12.6. The third-order valence-electron chi connectivity index (χ3n) is 2.12. The maximum Gasteiger partial charge on any atom is 0.188 e. The van der Waals surface area contributed by atoms with Gasteiger partial charge in [-0.15, -0.1) is 5.10 Å². The number of fused-ring (bicyclic) bond motifs is 3. The van der Waals surface area contributed by atoms with Crippen molar-refractivity contribution >= 4 is 11.9 Å². The number of nitrogens with zero attached hydrogens (tertiary/aromatic N) is 4. The van der Waals surface area contributed by atoms with Crippen molar-refractivity contribution in [2.24, 2.45) is 0 Å². The molecule has 1 aliphatic rings.